The normalized spacial score (nSPS) is 12.1. The van der Waals surface area contributed by atoms with Crippen LogP contribution in [0.5, 0.6) is 5.75 Å². The fraction of sp³-hybridized carbons (Fsp3) is 0.467. The molecule has 0 bridgehead atoms. The van der Waals surface area contributed by atoms with Crippen molar-refractivity contribution in [3.8, 4) is 5.75 Å². The first-order valence-corrected chi connectivity index (χ1v) is 12.8. The Bertz CT molecular complexity index is 1080. The van der Waals surface area contributed by atoms with Gasteiger partial charge in [0.05, 0.1) is 5.60 Å². The van der Waals surface area contributed by atoms with Crippen molar-refractivity contribution in [1.29, 1.82) is 0 Å². The molecule has 6 heteroatoms. The molecule has 196 valence electrons. The molecule has 3 N–H and O–H groups in total. The van der Waals surface area contributed by atoms with Crippen LogP contribution < -0.4 is 10.1 Å². The van der Waals surface area contributed by atoms with Crippen molar-refractivity contribution in [3.05, 3.63) is 70.3 Å². The van der Waals surface area contributed by atoms with Gasteiger partial charge in [-0.2, -0.15) is 0 Å². The molecule has 0 aliphatic carbocycles. The SMILES string of the molecule is CCC(O)(C=Cc1ccc(C(CC)(CC)c2ccc(OCC(=O)NCC(=O)O)c(C)c2)cc1C)CC. The summed E-state index contributed by atoms with van der Waals surface area (Å²) in [5, 5.41) is 21.6. The van der Waals surface area contributed by atoms with Crippen molar-refractivity contribution < 1.29 is 24.5 Å². The lowest BCUT2D eigenvalue weighted by Gasteiger charge is -2.34. The number of benzene rings is 2. The lowest BCUT2D eigenvalue weighted by Crippen LogP contribution is -2.33. The number of nitrogens with one attached hydrogen (secondary N) is 1. The van der Waals surface area contributed by atoms with Crippen LogP contribution in [0.4, 0.5) is 0 Å². The molecule has 0 fully saturated rings. The molecule has 0 heterocycles. The van der Waals surface area contributed by atoms with Gasteiger partial charge in [0.2, 0.25) is 0 Å². The minimum atomic E-state index is -1.10. The minimum Gasteiger partial charge on any atom is -0.484 e. The van der Waals surface area contributed by atoms with E-state index in [1.165, 1.54) is 11.1 Å². The predicted molar refractivity (Wildman–Crippen MR) is 144 cm³/mol. The minimum absolute atomic E-state index is 0.178. The summed E-state index contributed by atoms with van der Waals surface area (Å²) in [6, 6.07) is 12.6. The Morgan fingerprint density at radius 1 is 0.917 bits per heavy atom. The Morgan fingerprint density at radius 2 is 1.50 bits per heavy atom. The molecule has 0 atom stereocenters. The topological polar surface area (TPSA) is 95.9 Å². The summed E-state index contributed by atoms with van der Waals surface area (Å²) in [5.74, 6) is -0.971. The Balaban J connectivity index is 2.31. The third-order valence-corrected chi connectivity index (χ3v) is 7.35. The van der Waals surface area contributed by atoms with Gasteiger partial charge in [-0.05, 0) is 73.4 Å². The molecule has 0 aliphatic rings. The summed E-state index contributed by atoms with van der Waals surface area (Å²) in [5.41, 5.74) is 4.64. The van der Waals surface area contributed by atoms with Crippen molar-refractivity contribution in [1.82, 2.24) is 5.32 Å². The first-order chi connectivity index (χ1) is 17.0. The number of hydrogen-bond acceptors (Lipinski definition) is 4. The molecular weight excluding hydrogens is 454 g/mol. The predicted octanol–water partition coefficient (Wildman–Crippen LogP) is 5.55. The number of rotatable bonds is 13. The summed E-state index contributed by atoms with van der Waals surface area (Å²) < 4.78 is 5.65. The molecule has 0 spiro atoms. The maximum absolute atomic E-state index is 11.8. The maximum atomic E-state index is 11.8. The van der Waals surface area contributed by atoms with Crippen LogP contribution in [0.3, 0.4) is 0 Å². The molecule has 2 aromatic carbocycles. The Hall–Kier alpha value is -3.12. The van der Waals surface area contributed by atoms with Gasteiger partial charge in [-0.3, -0.25) is 9.59 Å². The van der Waals surface area contributed by atoms with E-state index < -0.39 is 24.0 Å². The van der Waals surface area contributed by atoms with E-state index in [0.717, 1.165) is 29.5 Å². The number of carbonyl (C=O) groups is 2. The first kappa shape index (κ1) is 29.1. The summed E-state index contributed by atoms with van der Waals surface area (Å²) in [6.07, 6.45) is 7.12. The lowest BCUT2D eigenvalue weighted by atomic mass is 9.70. The van der Waals surface area contributed by atoms with Crippen molar-refractivity contribution in [2.24, 2.45) is 0 Å². The summed E-state index contributed by atoms with van der Waals surface area (Å²) >= 11 is 0. The smallest absolute Gasteiger partial charge is 0.322 e. The highest BCUT2D eigenvalue weighted by atomic mass is 16.5. The molecule has 0 unspecified atom stereocenters. The second-order valence-corrected chi connectivity index (χ2v) is 9.44. The second kappa shape index (κ2) is 12.7. The molecule has 0 aromatic heterocycles. The fourth-order valence-electron chi connectivity index (χ4n) is 4.60. The summed E-state index contributed by atoms with van der Waals surface area (Å²) in [6.45, 7) is 11.8. The molecule has 0 radical (unpaired) electrons. The van der Waals surface area contributed by atoms with Crippen molar-refractivity contribution in [2.45, 2.75) is 78.2 Å². The summed E-state index contributed by atoms with van der Waals surface area (Å²) in [7, 11) is 0. The van der Waals surface area contributed by atoms with Crippen LogP contribution in [0.1, 0.15) is 81.2 Å². The zero-order valence-corrected chi connectivity index (χ0v) is 22.5. The zero-order chi connectivity index (χ0) is 26.9. The average Bonchev–Trinajstić information content (AvgIpc) is 2.87. The lowest BCUT2D eigenvalue weighted by molar-refractivity contribution is -0.138. The first-order valence-electron chi connectivity index (χ1n) is 12.8. The van der Waals surface area contributed by atoms with Crippen LogP contribution in [0.15, 0.2) is 42.5 Å². The Morgan fingerprint density at radius 3 is 2.00 bits per heavy atom. The number of carboxylic acid groups (broad SMARTS) is 1. The van der Waals surface area contributed by atoms with E-state index >= 15 is 0 Å². The molecular formula is C30H41NO5. The van der Waals surface area contributed by atoms with E-state index in [4.69, 9.17) is 9.84 Å². The van der Waals surface area contributed by atoms with Gasteiger partial charge >= 0.3 is 5.97 Å². The number of aliphatic carboxylic acids is 1. The van der Waals surface area contributed by atoms with Gasteiger partial charge in [0.1, 0.15) is 12.3 Å². The van der Waals surface area contributed by atoms with Gasteiger partial charge in [0.15, 0.2) is 6.61 Å². The van der Waals surface area contributed by atoms with Crippen LogP contribution >= 0.6 is 0 Å². The quantitative estimate of drug-likeness (QED) is 0.338. The highest BCUT2D eigenvalue weighted by Gasteiger charge is 2.31. The monoisotopic (exact) mass is 495 g/mol. The molecule has 36 heavy (non-hydrogen) atoms. The molecule has 6 nitrogen and oxygen atoms in total. The van der Waals surface area contributed by atoms with Crippen LogP contribution in [0, 0.1) is 13.8 Å². The van der Waals surface area contributed by atoms with E-state index in [9.17, 15) is 14.7 Å². The van der Waals surface area contributed by atoms with Crippen molar-refractivity contribution in [2.75, 3.05) is 13.2 Å². The summed E-state index contributed by atoms with van der Waals surface area (Å²) in [4.78, 5) is 22.4. The average molecular weight is 496 g/mol. The third-order valence-electron chi connectivity index (χ3n) is 7.35. The van der Waals surface area contributed by atoms with Gasteiger partial charge in [0, 0.05) is 5.41 Å². The van der Waals surface area contributed by atoms with E-state index in [1.54, 1.807) is 0 Å². The number of ether oxygens (including phenoxy) is 1. The number of carbonyl (C=O) groups excluding carboxylic acids is 1. The van der Waals surface area contributed by atoms with E-state index in [0.29, 0.717) is 18.6 Å². The molecule has 0 saturated heterocycles. The van der Waals surface area contributed by atoms with Crippen molar-refractivity contribution >= 4 is 18.0 Å². The Labute approximate surface area is 215 Å². The molecule has 1 amide bonds. The molecule has 0 saturated carbocycles. The third kappa shape index (κ3) is 6.97. The zero-order valence-electron chi connectivity index (χ0n) is 22.5. The van der Waals surface area contributed by atoms with E-state index in [2.05, 4.69) is 56.4 Å². The highest BCUT2D eigenvalue weighted by Crippen LogP contribution is 2.41. The van der Waals surface area contributed by atoms with Gasteiger partial charge < -0.3 is 20.3 Å². The maximum Gasteiger partial charge on any atom is 0.322 e. The van der Waals surface area contributed by atoms with Gasteiger partial charge in [-0.1, -0.05) is 70.2 Å². The largest absolute Gasteiger partial charge is 0.484 e. The van der Waals surface area contributed by atoms with E-state index in [1.807, 2.05) is 39.0 Å². The van der Waals surface area contributed by atoms with Crippen molar-refractivity contribution in [3.63, 3.8) is 0 Å². The number of amides is 1. The standard InChI is InChI=1S/C30H41NO5/c1-7-29(35,8-2)16-15-23-11-12-24(17-21(23)5)30(9-3,10-4)25-13-14-26(22(6)18-25)36-20-27(32)31-19-28(33)34/h11-18,35H,7-10,19-20H2,1-6H3,(H,31,32)(H,33,34). The van der Waals surface area contributed by atoms with E-state index in [-0.39, 0.29) is 12.0 Å². The molecule has 2 aromatic rings. The highest BCUT2D eigenvalue weighted by molar-refractivity contribution is 5.82. The molecule has 0 aliphatic heterocycles. The Kier molecular flexibility index (Phi) is 10.3. The molecule has 2 rings (SSSR count). The van der Waals surface area contributed by atoms with Crippen LogP contribution in [0.2, 0.25) is 0 Å². The number of aliphatic hydroxyl groups is 1. The van der Waals surface area contributed by atoms with Crippen LogP contribution in [0.25, 0.3) is 6.08 Å². The van der Waals surface area contributed by atoms with Crippen LogP contribution in [-0.2, 0) is 15.0 Å². The van der Waals surface area contributed by atoms with Gasteiger partial charge in [-0.15, -0.1) is 0 Å². The number of hydrogen-bond donors (Lipinski definition) is 3. The second-order valence-electron chi connectivity index (χ2n) is 9.44. The van der Waals surface area contributed by atoms with Gasteiger partial charge in [-0.25, -0.2) is 0 Å². The number of carboxylic acids is 1. The van der Waals surface area contributed by atoms with Crippen LogP contribution in [-0.4, -0.2) is 40.8 Å². The number of aryl methyl sites for hydroxylation is 2. The van der Waals surface area contributed by atoms with Gasteiger partial charge in [0.25, 0.3) is 5.91 Å². The fourth-order valence-corrected chi connectivity index (χ4v) is 4.60.